The monoisotopic (exact) mass is 152 g/mol. The predicted octanol–water partition coefficient (Wildman–Crippen LogP) is 1.51. The number of hydrogen-bond acceptors (Lipinski definition) is 2. The number of esters is 1. The van der Waals surface area contributed by atoms with Gasteiger partial charge in [0, 0.05) is 5.92 Å². The Morgan fingerprint density at radius 3 is 2.73 bits per heavy atom. The van der Waals surface area contributed by atoms with Crippen molar-refractivity contribution in [2.45, 2.75) is 25.9 Å². The van der Waals surface area contributed by atoms with Crippen LogP contribution in [0, 0.1) is 11.8 Å². The van der Waals surface area contributed by atoms with Crippen molar-refractivity contribution in [3.05, 3.63) is 12.2 Å². The molecule has 2 bridgehead atoms. The van der Waals surface area contributed by atoms with E-state index in [1.807, 2.05) is 6.92 Å². The molecule has 1 saturated carbocycles. The number of carbonyl (C=O) groups is 1. The van der Waals surface area contributed by atoms with E-state index < -0.39 is 0 Å². The van der Waals surface area contributed by atoms with Gasteiger partial charge in [-0.25, -0.2) is 0 Å². The van der Waals surface area contributed by atoms with Gasteiger partial charge in [0.1, 0.15) is 6.10 Å². The lowest BCUT2D eigenvalue weighted by Crippen LogP contribution is -2.23. The summed E-state index contributed by atoms with van der Waals surface area (Å²) in [4.78, 5) is 11.0. The lowest BCUT2D eigenvalue weighted by Gasteiger charge is -2.21. The smallest absolute Gasteiger partial charge is 0.309 e. The van der Waals surface area contributed by atoms with Crippen LogP contribution in [0.2, 0.25) is 0 Å². The second-order valence-corrected chi connectivity index (χ2v) is 3.60. The summed E-state index contributed by atoms with van der Waals surface area (Å²) in [6.07, 6.45) is 2.06. The van der Waals surface area contributed by atoms with Gasteiger partial charge in [-0.3, -0.25) is 4.79 Å². The van der Waals surface area contributed by atoms with Gasteiger partial charge < -0.3 is 4.74 Å². The van der Waals surface area contributed by atoms with Crippen LogP contribution in [0.25, 0.3) is 0 Å². The average molecular weight is 152 g/mol. The first-order valence-corrected chi connectivity index (χ1v) is 4.04. The molecule has 0 aromatic carbocycles. The third kappa shape index (κ3) is 0.889. The number of fused-ring (bicyclic) bond motifs is 2. The summed E-state index contributed by atoms with van der Waals surface area (Å²) in [6.45, 7) is 5.90. The first-order chi connectivity index (χ1) is 5.18. The molecule has 1 aliphatic carbocycles. The Balaban J connectivity index is 2.14. The van der Waals surface area contributed by atoms with Crippen LogP contribution in [0.15, 0.2) is 12.2 Å². The van der Waals surface area contributed by atoms with Gasteiger partial charge in [0.05, 0.1) is 5.92 Å². The van der Waals surface area contributed by atoms with E-state index in [2.05, 4.69) is 6.58 Å². The van der Waals surface area contributed by atoms with Gasteiger partial charge in [-0.1, -0.05) is 12.2 Å². The molecule has 0 amide bonds. The van der Waals surface area contributed by atoms with Crippen LogP contribution in [0.3, 0.4) is 0 Å². The van der Waals surface area contributed by atoms with Gasteiger partial charge in [-0.2, -0.15) is 0 Å². The fourth-order valence-corrected chi connectivity index (χ4v) is 2.09. The maximum atomic E-state index is 11.0. The molecule has 2 fully saturated rings. The molecule has 2 rings (SSSR count). The van der Waals surface area contributed by atoms with Gasteiger partial charge in [0.25, 0.3) is 0 Å². The zero-order valence-corrected chi connectivity index (χ0v) is 6.67. The molecule has 2 heteroatoms. The zero-order valence-electron chi connectivity index (χ0n) is 6.67. The van der Waals surface area contributed by atoms with E-state index in [0.29, 0.717) is 5.92 Å². The molecule has 3 unspecified atom stereocenters. The first-order valence-electron chi connectivity index (χ1n) is 4.04. The topological polar surface area (TPSA) is 26.3 Å². The first kappa shape index (κ1) is 6.89. The summed E-state index contributed by atoms with van der Waals surface area (Å²) in [5.41, 5.74) is 1.16. The Morgan fingerprint density at radius 2 is 2.36 bits per heavy atom. The lowest BCUT2D eigenvalue weighted by atomic mass is 9.96. The Labute approximate surface area is 66.2 Å². The van der Waals surface area contributed by atoms with E-state index in [4.69, 9.17) is 4.74 Å². The highest BCUT2D eigenvalue weighted by atomic mass is 16.6. The molecule has 1 heterocycles. The molecule has 3 atom stereocenters. The third-order valence-corrected chi connectivity index (χ3v) is 2.74. The predicted molar refractivity (Wildman–Crippen MR) is 40.9 cm³/mol. The van der Waals surface area contributed by atoms with E-state index in [1.165, 1.54) is 0 Å². The molecular weight excluding hydrogens is 140 g/mol. The standard InChI is InChI=1S/C9H12O2/c1-5(2)7-3-6-4-8(7)11-9(6)10/h6-8H,1,3-4H2,2H3. The Morgan fingerprint density at radius 1 is 1.64 bits per heavy atom. The van der Waals surface area contributed by atoms with Crippen LogP contribution in [-0.2, 0) is 9.53 Å². The maximum absolute atomic E-state index is 11.0. The minimum absolute atomic E-state index is 0.00694. The van der Waals surface area contributed by atoms with Gasteiger partial charge >= 0.3 is 5.97 Å². The van der Waals surface area contributed by atoms with Crippen LogP contribution < -0.4 is 0 Å². The molecule has 11 heavy (non-hydrogen) atoms. The fourth-order valence-electron chi connectivity index (χ4n) is 2.09. The van der Waals surface area contributed by atoms with Crippen molar-refractivity contribution in [2.24, 2.45) is 11.8 Å². The summed E-state index contributed by atoms with van der Waals surface area (Å²) < 4.78 is 5.13. The molecule has 60 valence electrons. The summed E-state index contributed by atoms with van der Waals surface area (Å²) in [6, 6.07) is 0. The van der Waals surface area contributed by atoms with E-state index in [1.54, 1.807) is 0 Å². The normalized spacial score (nSPS) is 40.8. The van der Waals surface area contributed by atoms with Crippen molar-refractivity contribution in [1.29, 1.82) is 0 Å². The van der Waals surface area contributed by atoms with Crippen molar-refractivity contribution in [1.82, 2.24) is 0 Å². The lowest BCUT2D eigenvalue weighted by molar-refractivity contribution is -0.149. The molecule has 2 aliphatic rings. The summed E-state index contributed by atoms with van der Waals surface area (Å²) in [7, 11) is 0. The average Bonchev–Trinajstić information content (AvgIpc) is 2.43. The number of hydrogen-bond donors (Lipinski definition) is 0. The van der Waals surface area contributed by atoms with Crippen LogP contribution in [-0.4, -0.2) is 12.1 Å². The molecule has 0 spiro atoms. The largest absolute Gasteiger partial charge is 0.461 e. The SMILES string of the molecule is C=C(C)C1CC2CC1OC2=O. The van der Waals surface area contributed by atoms with Crippen molar-refractivity contribution < 1.29 is 9.53 Å². The molecule has 1 aliphatic heterocycles. The Hall–Kier alpha value is -0.790. The molecule has 0 aromatic heterocycles. The summed E-state index contributed by atoms with van der Waals surface area (Å²) in [5, 5.41) is 0. The quantitative estimate of drug-likeness (QED) is 0.420. The van der Waals surface area contributed by atoms with E-state index in [0.717, 1.165) is 18.4 Å². The molecule has 1 saturated heterocycles. The number of rotatable bonds is 1. The highest BCUT2D eigenvalue weighted by Gasteiger charge is 2.47. The second kappa shape index (κ2) is 2.10. The fraction of sp³-hybridized carbons (Fsp3) is 0.667. The number of ether oxygens (including phenoxy) is 1. The van der Waals surface area contributed by atoms with Crippen molar-refractivity contribution in [2.75, 3.05) is 0 Å². The van der Waals surface area contributed by atoms with Crippen molar-refractivity contribution in [3.63, 3.8) is 0 Å². The number of carbonyl (C=O) groups excluding carboxylic acids is 1. The minimum atomic E-state index is 0.00694. The highest BCUT2D eigenvalue weighted by Crippen LogP contribution is 2.43. The van der Waals surface area contributed by atoms with Gasteiger partial charge in [-0.05, 0) is 19.8 Å². The van der Waals surface area contributed by atoms with Crippen LogP contribution in [0.1, 0.15) is 19.8 Å². The van der Waals surface area contributed by atoms with Crippen molar-refractivity contribution in [3.8, 4) is 0 Å². The minimum Gasteiger partial charge on any atom is -0.461 e. The van der Waals surface area contributed by atoms with Gasteiger partial charge in [-0.15, -0.1) is 0 Å². The second-order valence-electron chi connectivity index (χ2n) is 3.60. The molecule has 0 aromatic rings. The summed E-state index contributed by atoms with van der Waals surface area (Å²) in [5.74, 6) is 0.631. The van der Waals surface area contributed by atoms with Crippen LogP contribution >= 0.6 is 0 Å². The molecule has 0 radical (unpaired) electrons. The third-order valence-electron chi connectivity index (χ3n) is 2.74. The highest BCUT2D eigenvalue weighted by molar-refractivity contribution is 5.76. The van der Waals surface area contributed by atoms with Gasteiger partial charge in [0.15, 0.2) is 0 Å². The van der Waals surface area contributed by atoms with E-state index >= 15 is 0 Å². The molecule has 2 nitrogen and oxygen atoms in total. The Bertz CT molecular complexity index is 220. The van der Waals surface area contributed by atoms with Crippen molar-refractivity contribution >= 4 is 5.97 Å². The zero-order chi connectivity index (χ0) is 8.01. The maximum Gasteiger partial charge on any atom is 0.309 e. The van der Waals surface area contributed by atoms with Crippen LogP contribution in [0.4, 0.5) is 0 Å². The Kier molecular flexibility index (Phi) is 1.31. The van der Waals surface area contributed by atoms with E-state index in [9.17, 15) is 4.79 Å². The van der Waals surface area contributed by atoms with E-state index in [-0.39, 0.29) is 18.0 Å². The van der Waals surface area contributed by atoms with Crippen LogP contribution in [0.5, 0.6) is 0 Å². The molecular formula is C9H12O2. The van der Waals surface area contributed by atoms with Gasteiger partial charge in [0.2, 0.25) is 0 Å². The molecule has 0 N–H and O–H groups in total. The summed E-state index contributed by atoms with van der Waals surface area (Å²) >= 11 is 0.